The maximum atomic E-state index is 7.10. The maximum absolute atomic E-state index is 7.10. The number of hydrogen-bond donors (Lipinski definition) is 1. The Balaban J connectivity index is 2.22. The molecule has 1 N–H and O–H groups in total. The Labute approximate surface area is 72.7 Å². The third kappa shape index (κ3) is 2.30. The minimum Gasteiger partial charge on any atom is -0.462 e. The van der Waals surface area contributed by atoms with Gasteiger partial charge in [-0.3, -0.25) is 0 Å². The lowest BCUT2D eigenvalue weighted by Gasteiger charge is -2.18. The zero-order valence-electron chi connectivity index (χ0n) is 7.42. The Morgan fingerprint density at radius 2 is 2.58 bits per heavy atom. The Kier molecular flexibility index (Phi) is 3.22. The van der Waals surface area contributed by atoms with Gasteiger partial charge in [-0.2, -0.15) is 0 Å². The highest BCUT2D eigenvalue weighted by atomic mass is 16.5. The highest BCUT2D eigenvalue weighted by molar-refractivity contribution is 5.75. The monoisotopic (exact) mass is 169 g/mol. The van der Waals surface area contributed by atoms with E-state index in [0.29, 0.717) is 12.6 Å². The molecule has 12 heavy (non-hydrogen) atoms. The molecule has 0 aromatic heterocycles. The van der Waals surface area contributed by atoms with Crippen LogP contribution in [0.2, 0.25) is 0 Å². The van der Waals surface area contributed by atoms with Gasteiger partial charge in [-0.1, -0.05) is 0 Å². The molecule has 0 saturated carbocycles. The molecule has 0 amide bonds. The van der Waals surface area contributed by atoms with E-state index >= 15 is 0 Å². The van der Waals surface area contributed by atoms with Crippen LogP contribution in [0.5, 0.6) is 0 Å². The third-order valence-electron chi connectivity index (χ3n) is 2.23. The molecular weight excluding hydrogens is 154 g/mol. The van der Waals surface area contributed by atoms with Gasteiger partial charge in [0.15, 0.2) is 0 Å². The van der Waals surface area contributed by atoms with Crippen molar-refractivity contribution in [2.45, 2.75) is 18.9 Å². The molecule has 0 aromatic rings. The number of hydrogen-bond acceptors (Lipinski definition) is 3. The number of ether oxygens (including phenoxy) is 1. The minimum atomic E-state index is -0.0738. The first-order valence-electron chi connectivity index (χ1n) is 4.12. The van der Waals surface area contributed by atoms with E-state index in [1.54, 1.807) is 0 Å². The lowest BCUT2D eigenvalue weighted by molar-refractivity contribution is 0.187. The summed E-state index contributed by atoms with van der Waals surface area (Å²) in [5.74, 6) is 0. The number of likely N-dealkylation sites (tertiary alicyclic amines) is 1. The van der Waals surface area contributed by atoms with Crippen molar-refractivity contribution in [3.05, 3.63) is 0 Å². The quantitative estimate of drug-likeness (QED) is 0.489. The summed E-state index contributed by atoms with van der Waals surface area (Å²) in [5, 5.41) is 7.10. The van der Waals surface area contributed by atoms with E-state index in [-0.39, 0.29) is 6.02 Å². The lowest BCUT2D eigenvalue weighted by Crippen LogP contribution is -2.30. The molecule has 1 aliphatic rings. The second-order valence-corrected chi connectivity index (χ2v) is 3.05. The molecular formula is C8H15N3O. The number of nitrogens with zero attached hydrogens (tertiary/aromatic N) is 2. The predicted molar refractivity (Wildman–Crippen MR) is 48.9 cm³/mol. The van der Waals surface area contributed by atoms with Crippen molar-refractivity contribution in [3.63, 3.8) is 0 Å². The first-order chi connectivity index (χ1) is 5.74. The summed E-state index contributed by atoms with van der Waals surface area (Å²) in [7, 11) is 2.08. The molecule has 68 valence electrons. The topological polar surface area (TPSA) is 48.7 Å². The van der Waals surface area contributed by atoms with Gasteiger partial charge in [-0.05, 0) is 33.2 Å². The lowest BCUT2D eigenvalue weighted by atomic mass is 10.2. The average molecular weight is 169 g/mol. The minimum absolute atomic E-state index is 0.0738. The van der Waals surface area contributed by atoms with Gasteiger partial charge < -0.3 is 9.64 Å². The van der Waals surface area contributed by atoms with Gasteiger partial charge in [0.05, 0.1) is 0 Å². The summed E-state index contributed by atoms with van der Waals surface area (Å²) in [6, 6.07) is 0.377. The van der Waals surface area contributed by atoms with Crippen LogP contribution in [0, 0.1) is 5.41 Å². The number of rotatable bonds is 2. The summed E-state index contributed by atoms with van der Waals surface area (Å²) in [6.45, 7) is 4.90. The molecule has 0 radical (unpaired) electrons. The Morgan fingerprint density at radius 3 is 3.08 bits per heavy atom. The van der Waals surface area contributed by atoms with Crippen molar-refractivity contribution >= 4 is 12.7 Å². The molecule has 1 atom stereocenters. The van der Waals surface area contributed by atoms with Crippen LogP contribution < -0.4 is 0 Å². The fraction of sp³-hybridized carbons (Fsp3) is 0.750. The van der Waals surface area contributed by atoms with Crippen LogP contribution in [0.4, 0.5) is 0 Å². The molecule has 0 bridgehead atoms. The number of amidine groups is 1. The Morgan fingerprint density at radius 1 is 1.83 bits per heavy atom. The highest BCUT2D eigenvalue weighted by Gasteiger charge is 2.21. The second-order valence-electron chi connectivity index (χ2n) is 3.05. The van der Waals surface area contributed by atoms with Gasteiger partial charge in [0.1, 0.15) is 6.61 Å². The zero-order chi connectivity index (χ0) is 8.97. The van der Waals surface area contributed by atoms with Gasteiger partial charge in [0.25, 0.3) is 0 Å². The van der Waals surface area contributed by atoms with Gasteiger partial charge in [-0.15, -0.1) is 0 Å². The van der Waals surface area contributed by atoms with Gasteiger partial charge in [0.2, 0.25) is 0 Å². The Bertz CT molecular complexity index is 181. The van der Waals surface area contributed by atoms with Crippen molar-refractivity contribution in [1.29, 1.82) is 5.41 Å². The Hall–Kier alpha value is -0.900. The highest BCUT2D eigenvalue weighted by Crippen LogP contribution is 2.14. The largest absolute Gasteiger partial charge is 0.462 e. The molecule has 1 rings (SSSR count). The van der Waals surface area contributed by atoms with Crippen molar-refractivity contribution in [3.8, 4) is 0 Å². The molecule has 1 aliphatic heterocycles. The molecule has 1 fully saturated rings. The van der Waals surface area contributed by atoms with Crippen LogP contribution >= 0.6 is 0 Å². The van der Waals surface area contributed by atoms with Crippen LogP contribution in [0.25, 0.3) is 0 Å². The summed E-state index contributed by atoms with van der Waals surface area (Å²) >= 11 is 0. The summed E-state index contributed by atoms with van der Waals surface area (Å²) in [6.07, 6.45) is 2.38. The van der Waals surface area contributed by atoms with Gasteiger partial charge in [-0.25, -0.2) is 10.4 Å². The molecule has 4 nitrogen and oxygen atoms in total. The standard InChI is InChI=1S/C8H15N3O/c1-10-8(9)12-6-7-4-3-5-11(7)2/h7,9H,1,3-6H2,2H3. The van der Waals surface area contributed by atoms with Crippen LogP contribution in [0.3, 0.4) is 0 Å². The van der Waals surface area contributed by atoms with E-state index in [0.717, 1.165) is 13.0 Å². The van der Waals surface area contributed by atoms with Crippen LogP contribution in [0.15, 0.2) is 4.99 Å². The summed E-state index contributed by atoms with van der Waals surface area (Å²) < 4.78 is 5.06. The van der Waals surface area contributed by atoms with Crippen molar-refractivity contribution in [2.24, 2.45) is 4.99 Å². The average Bonchev–Trinajstić information content (AvgIpc) is 2.47. The van der Waals surface area contributed by atoms with E-state index in [2.05, 4.69) is 23.7 Å². The fourth-order valence-electron chi connectivity index (χ4n) is 1.41. The normalized spacial score (nSPS) is 23.9. The molecule has 1 heterocycles. The van der Waals surface area contributed by atoms with E-state index < -0.39 is 0 Å². The van der Waals surface area contributed by atoms with E-state index in [9.17, 15) is 0 Å². The molecule has 0 spiro atoms. The first-order valence-corrected chi connectivity index (χ1v) is 4.12. The first kappa shape index (κ1) is 9.19. The summed E-state index contributed by atoms with van der Waals surface area (Å²) in [5.41, 5.74) is 0. The van der Waals surface area contributed by atoms with Gasteiger partial charge in [0, 0.05) is 6.04 Å². The number of likely N-dealkylation sites (N-methyl/N-ethyl adjacent to an activating group) is 1. The van der Waals surface area contributed by atoms with Crippen molar-refractivity contribution < 1.29 is 4.74 Å². The molecule has 0 aliphatic carbocycles. The third-order valence-corrected chi connectivity index (χ3v) is 2.23. The molecule has 1 saturated heterocycles. The number of nitrogens with one attached hydrogen (secondary N) is 1. The molecule has 1 unspecified atom stereocenters. The second kappa shape index (κ2) is 4.21. The van der Waals surface area contributed by atoms with E-state index in [4.69, 9.17) is 10.1 Å². The molecule has 0 aromatic carbocycles. The fourth-order valence-corrected chi connectivity index (χ4v) is 1.41. The number of aliphatic imine (C=N–C) groups is 1. The van der Waals surface area contributed by atoms with E-state index in [1.165, 1.54) is 6.42 Å². The predicted octanol–water partition coefficient (Wildman–Crippen LogP) is 0.733. The van der Waals surface area contributed by atoms with Crippen LogP contribution in [-0.4, -0.2) is 43.9 Å². The van der Waals surface area contributed by atoms with E-state index in [1.807, 2.05) is 0 Å². The maximum Gasteiger partial charge on any atom is 0.308 e. The SMILES string of the molecule is C=NC(=N)OCC1CCCN1C. The smallest absolute Gasteiger partial charge is 0.308 e. The zero-order valence-corrected chi connectivity index (χ0v) is 7.42. The molecule has 4 heteroatoms. The summed E-state index contributed by atoms with van der Waals surface area (Å²) in [4.78, 5) is 5.61. The van der Waals surface area contributed by atoms with Crippen LogP contribution in [-0.2, 0) is 4.74 Å². The van der Waals surface area contributed by atoms with Crippen LogP contribution in [0.1, 0.15) is 12.8 Å². The van der Waals surface area contributed by atoms with Crippen molar-refractivity contribution in [1.82, 2.24) is 4.90 Å². The van der Waals surface area contributed by atoms with Crippen molar-refractivity contribution in [2.75, 3.05) is 20.2 Å². The van der Waals surface area contributed by atoms with Gasteiger partial charge >= 0.3 is 6.02 Å².